The fourth-order valence-electron chi connectivity index (χ4n) is 4.17. The van der Waals surface area contributed by atoms with Crippen molar-refractivity contribution in [3.63, 3.8) is 0 Å². The van der Waals surface area contributed by atoms with E-state index in [1.165, 1.54) is 12.0 Å². The number of anilines is 1. The molecule has 0 aromatic heterocycles. The second-order valence-corrected chi connectivity index (χ2v) is 11.0. The number of fused-ring (bicyclic) bond motifs is 1. The standard InChI is InChI=1S/C25H30F2N3O5Si/c1-5-35-21(31)8-10-28-25(33)30-11-9-15-12-17(34-2)6-7-18(15)22(30)24(32)29-16-13-19(26)23(36(3)4)20(27)14-16/h6-7,12-14,22H,5,8-11H2,1-4H3,(H,28,33)(H,29,32). The normalized spacial score (nSPS) is 14.8. The summed E-state index contributed by atoms with van der Waals surface area (Å²) in [5, 5.41) is 5.25. The van der Waals surface area contributed by atoms with Gasteiger partial charge < -0.3 is 25.0 Å². The van der Waals surface area contributed by atoms with Crippen LogP contribution in [-0.2, 0) is 20.7 Å². The molecular formula is C25H30F2N3O5Si. The van der Waals surface area contributed by atoms with Gasteiger partial charge in [0.25, 0.3) is 5.91 Å². The molecule has 2 aromatic rings. The molecule has 36 heavy (non-hydrogen) atoms. The average Bonchev–Trinajstić information content (AvgIpc) is 2.82. The third-order valence-corrected chi connectivity index (χ3v) is 7.29. The maximum Gasteiger partial charge on any atom is 0.318 e. The lowest BCUT2D eigenvalue weighted by molar-refractivity contribution is -0.142. The molecule has 0 saturated heterocycles. The molecule has 3 rings (SSSR count). The molecule has 3 amide bonds. The van der Waals surface area contributed by atoms with Crippen LogP contribution in [0.3, 0.4) is 0 Å². The van der Waals surface area contributed by atoms with Gasteiger partial charge in [0.15, 0.2) is 0 Å². The van der Waals surface area contributed by atoms with E-state index in [0.29, 0.717) is 17.7 Å². The molecule has 1 unspecified atom stereocenters. The summed E-state index contributed by atoms with van der Waals surface area (Å²) in [6.45, 7) is 5.72. The van der Waals surface area contributed by atoms with Crippen LogP contribution >= 0.6 is 0 Å². The van der Waals surface area contributed by atoms with Crippen LogP contribution in [0.5, 0.6) is 5.75 Å². The van der Waals surface area contributed by atoms with Gasteiger partial charge in [-0.1, -0.05) is 19.2 Å². The third-order valence-electron chi connectivity index (χ3n) is 5.81. The first-order valence-corrected chi connectivity index (χ1v) is 14.1. The molecule has 193 valence electrons. The Labute approximate surface area is 210 Å². The molecule has 0 bridgehead atoms. The number of urea groups is 1. The largest absolute Gasteiger partial charge is 0.497 e. The van der Waals surface area contributed by atoms with Crippen LogP contribution in [-0.4, -0.2) is 58.4 Å². The molecule has 0 saturated carbocycles. The lowest BCUT2D eigenvalue weighted by Gasteiger charge is -2.36. The summed E-state index contributed by atoms with van der Waals surface area (Å²) < 4.78 is 39.2. The van der Waals surface area contributed by atoms with Crippen molar-refractivity contribution in [2.45, 2.75) is 38.9 Å². The zero-order valence-corrected chi connectivity index (χ0v) is 21.7. The van der Waals surface area contributed by atoms with Crippen molar-refractivity contribution < 1.29 is 32.6 Å². The van der Waals surface area contributed by atoms with Crippen molar-refractivity contribution in [3.8, 4) is 5.75 Å². The van der Waals surface area contributed by atoms with Gasteiger partial charge in [0.1, 0.15) is 23.4 Å². The Balaban J connectivity index is 1.87. The van der Waals surface area contributed by atoms with Gasteiger partial charge in [0.05, 0.1) is 28.9 Å². The molecule has 1 atom stereocenters. The van der Waals surface area contributed by atoms with E-state index in [2.05, 4.69) is 10.6 Å². The zero-order chi connectivity index (χ0) is 26.4. The number of carbonyl (C=O) groups excluding carboxylic acids is 3. The van der Waals surface area contributed by atoms with Crippen LogP contribution in [0.15, 0.2) is 30.3 Å². The average molecular weight is 519 g/mol. The first-order chi connectivity index (χ1) is 17.2. The molecule has 0 fully saturated rings. The molecule has 0 spiro atoms. The Kier molecular flexibility index (Phi) is 9.02. The number of nitrogens with zero attached hydrogens (tertiary/aromatic N) is 1. The number of methoxy groups -OCH3 is 1. The van der Waals surface area contributed by atoms with Crippen molar-refractivity contribution in [2.24, 2.45) is 0 Å². The first kappa shape index (κ1) is 27.1. The lowest BCUT2D eigenvalue weighted by Crippen LogP contribution is -2.49. The minimum atomic E-state index is -1.39. The zero-order valence-electron chi connectivity index (χ0n) is 20.7. The first-order valence-electron chi connectivity index (χ1n) is 11.6. The van der Waals surface area contributed by atoms with Gasteiger partial charge >= 0.3 is 12.0 Å². The van der Waals surface area contributed by atoms with Crippen molar-refractivity contribution in [1.29, 1.82) is 0 Å². The molecule has 1 aliphatic rings. The van der Waals surface area contributed by atoms with E-state index in [0.717, 1.165) is 17.7 Å². The molecule has 2 aromatic carbocycles. The number of halogens is 2. The van der Waals surface area contributed by atoms with Crippen LogP contribution in [0.2, 0.25) is 13.1 Å². The van der Waals surface area contributed by atoms with Crippen molar-refractivity contribution in [2.75, 3.05) is 32.1 Å². The number of rotatable bonds is 8. The van der Waals surface area contributed by atoms with E-state index < -0.39 is 44.4 Å². The minimum absolute atomic E-state index is 0.0126. The van der Waals surface area contributed by atoms with Crippen molar-refractivity contribution in [3.05, 3.63) is 53.1 Å². The Bertz CT molecular complexity index is 1120. The van der Waals surface area contributed by atoms with Crippen molar-refractivity contribution in [1.82, 2.24) is 10.2 Å². The van der Waals surface area contributed by atoms with Gasteiger partial charge in [-0.2, -0.15) is 0 Å². The highest BCUT2D eigenvalue weighted by molar-refractivity contribution is 6.70. The predicted octanol–water partition coefficient (Wildman–Crippen LogP) is 3.14. The van der Waals surface area contributed by atoms with E-state index in [1.807, 2.05) is 0 Å². The Morgan fingerprint density at radius 2 is 1.83 bits per heavy atom. The molecule has 8 nitrogen and oxygen atoms in total. The highest BCUT2D eigenvalue weighted by atomic mass is 28.3. The van der Waals surface area contributed by atoms with Crippen LogP contribution in [0.25, 0.3) is 0 Å². The van der Waals surface area contributed by atoms with E-state index in [9.17, 15) is 23.2 Å². The maximum atomic E-state index is 14.5. The van der Waals surface area contributed by atoms with Gasteiger partial charge in [0.2, 0.25) is 0 Å². The summed E-state index contributed by atoms with van der Waals surface area (Å²) in [6, 6.07) is 5.75. The summed E-state index contributed by atoms with van der Waals surface area (Å²) in [7, 11) is 0.142. The summed E-state index contributed by atoms with van der Waals surface area (Å²) in [5.41, 5.74) is 1.36. The van der Waals surface area contributed by atoms with E-state index in [1.54, 1.807) is 38.2 Å². The number of carbonyl (C=O) groups is 3. The fourth-order valence-corrected chi connectivity index (χ4v) is 5.27. The van der Waals surface area contributed by atoms with E-state index >= 15 is 0 Å². The van der Waals surface area contributed by atoms with Gasteiger partial charge in [-0.05, 0) is 48.7 Å². The smallest absolute Gasteiger partial charge is 0.318 e. The molecule has 0 aliphatic carbocycles. The Hall–Kier alpha value is -3.47. The number of benzene rings is 2. The Morgan fingerprint density at radius 3 is 2.44 bits per heavy atom. The predicted molar refractivity (Wildman–Crippen MR) is 133 cm³/mol. The van der Waals surface area contributed by atoms with Crippen LogP contribution in [0.4, 0.5) is 19.3 Å². The number of hydrogen-bond donors (Lipinski definition) is 2. The van der Waals surface area contributed by atoms with Crippen LogP contribution in [0, 0.1) is 11.6 Å². The Morgan fingerprint density at radius 1 is 1.14 bits per heavy atom. The number of ether oxygens (including phenoxy) is 2. The summed E-state index contributed by atoms with van der Waals surface area (Å²) in [4.78, 5) is 39.4. The monoisotopic (exact) mass is 518 g/mol. The van der Waals surface area contributed by atoms with E-state index in [-0.39, 0.29) is 37.0 Å². The summed E-state index contributed by atoms with van der Waals surface area (Å²) in [5.74, 6) is -1.89. The number of hydrogen-bond acceptors (Lipinski definition) is 5. The third kappa shape index (κ3) is 6.20. The quantitative estimate of drug-likeness (QED) is 0.414. The highest BCUT2D eigenvalue weighted by Gasteiger charge is 2.36. The lowest BCUT2D eigenvalue weighted by atomic mass is 9.91. The summed E-state index contributed by atoms with van der Waals surface area (Å²) in [6.07, 6.45) is 0.457. The minimum Gasteiger partial charge on any atom is -0.497 e. The summed E-state index contributed by atoms with van der Waals surface area (Å²) >= 11 is 0. The van der Waals surface area contributed by atoms with Crippen LogP contribution in [0.1, 0.15) is 30.5 Å². The SMILES string of the molecule is CCOC(=O)CCNC(=O)N1CCc2cc(OC)ccc2C1C(=O)Nc1cc(F)c([Si](C)C)c(F)c1. The van der Waals surface area contributed by atoms with Crippen LogP contribution < -0.4 is 20.6 Å². The molecule has 11 heteroatoms. The number of esters is 1. The van der Waals surface area contributed by atoms with Gasteiger partial charge in [-0.3, -0.25) is 9.59 Å². The van der Waals surface area contributed by atoms with E-state index in [4.69, 9.17) is 9.47 Å². The fraction of sp³-hybridized carbons (Fsp3) is 0.400. The topological polar surface area (TPSA) is 97.0 Å². The molecular weight excluding hydrogens is 488 g/mol. The molecule has 1 heterocycles. The number of nitrogens with one attached hydrogen (secondary N) is 2. The molecule has 1 aliphatic heterocycles. The highest BCUT2D eigenvalue weighted by Crippen LogP contribution is 2.33. The maximum absolute atomic E-state index is 14.5. The van der Waals surface area contributed by atoms with Gasteiger partial charge in [-0.15, -0.1) is 0 Å². The van der Waals surface area contributed by atoms with Gasteiger partial charge in [-0.25, -0.2) is 13.6 Å². The molecule has 2 N–H and O–H groups in total. The van der Waals surface area contributed by atoms with Gasteiger partial charge in [0, 0.05) is 24.0 Å². The molecule has 1 radical (unpaired) electrons. The second-order valence-electron chi connectivity index (χ2n) is 8.50. The second kappa shape index (κ2) is 12.0. The van der Waals surface area contributed by atoms with Crippen molar-refractivity contribution >= 4 is 37.6 Å². The number of amides is 3.